The van der Waals surface area contributed by atoms with Crippen LogP contribution in [0.1, 0.15) is 19.5 Å². The van der Waals surface area contributed by atoms with Crippen molar-refractivity contribution in [1.29, 1.82) is 0 Å². The van der Waals surface area contributed by atoms with E-state index in [0.29, 0.717) is 39.2 Å². The van der Waals surface area contributed by atoms with E-state index in [1.807, 2.05) is 49.6 Å². The van der Waals surface area contributed by atoms with Crippen LogP contribution in [-0.2, 0) is 0 Å². The van der Waals surface area contributed by atoms with Gasteiger partial charge in [0.2, 0.25) is 0 Å². The van der Waals surface area contributed by atoms with Gasteiger partial charge in [-0.25, -0.2) is 9.37 Å². The molecule has 5 rings (SSSR count). The topological polar surface area (TPSA) is 64.3 Å². The fourth-order valence-electron chi connectivity index (χ4n) is 4.13. The van der Waals surface area contributed by atoms with Crippen molar-refractivity contribution in [2.45, 2.75) is 33.2 Å². The van der Waals surface area contributed by atoms with E-state index < -0.39 is 12.2 Å². The number of rotatable bonds is 5. The largest absolute Gasteiger partial charge is 0.573 e. The summed E-state index contributed by atoms with van der Waals surface area (Å²) < 4.78 is 58.1. The molecule has 1 aromatic heterocycles. The Morgan fingerprint density at radius 3 is 2.39 bits per heavy atom. The number of benzene rings is 3. The smallest absolute Gasteiger partial charge is 0.406 e. The highest BCUT2D eigenvalue weighted by atomic mass is 19.4. The molecule has 0 amide bonds. The minimum atomic E-state index is -4.80. The van der Waals surface area contributed by atoms with E-state index in [-0.39, 0.29) is 11.8 Å². The standard InChI is InChI=1S/C28H23F4N5O/c1-16(2)34-23-14-27-25(13-22(23)35-19-6-4-17(3)33-15-19)36-24-12-18(29)5-11-26(24)37(27)20-7-9-21(10-8-20)38-28(30,31)32/h4-16,35H,1-3H3/b34-23+. The van der Waals surface area contributed by atoms with Crippen LogP contribution in [0.3, 0.4) is 0 Å². The van der Waals surface area contributed by atoms with E-state index in [4.69, 9.17) is 9.98 Å². The van der Waals surface area contributed by atoms with Crippen molar-refractivity contribution in [1.82, 2.24) is 14.5 Å². The highest BCUT2D eigenvalue weighted by Gasteiger charge is 2.31. The maximum absolute atomic E-state index is 14.2. The summed E-state index contributed by atoms with van der Waals surface area (Å²) in [6, 6.07) is 17.1. The summed E-state index contributed by atoms with van der Waals surface area (Å²) in [5.74, 6) is -0.801. The van der Waals surface area contributed by atoms with Gasteiger partial charge in [0.25, 0.3) is 0 Å². The Morgan fingerprint density at radius 2 is 1.74 bits per heavy atom. The second kappa shape index (κ2) is 9.77. The number of halogens is 4. The third-order valence-electron chi connectivity index (χ3n) is 5.67. The van der Waals surface area contributed by atoms with Crippen molar-refractivity contribution in [3.8, 4) is 22.8 Å². The molecule has 6 nitrogen and oxygen atoms in total. The average Bonchev–Trinajstić information content (AvgIpc) is 2.84. The second-order valence-corrected chi connectivity index (χ2v) is 9.02. The second-order valence-electron chi connectivity index (χ2n) is 9.02. The van der Waals surface area contributed by atoms with Crippen LogP contribution in [0.4, 0.5) is 28.9 Å². The summed E-state index contributed by atoms with van der Waals surface area (Å²) in [7, 11) is 0. The molecular weight excluding hydrogens is 498 g/mol. The third-order valence-corrected chi connectivity index (χ3v) is 5.67. The fourth-order valence-corrected chi connectivity index (χ4v) is 4.13. The van der Waals surface area contributed by atoms with Gasteiger partial charge in [-0.2, -0.15) is 0 Å². The summed E-state index contributed by atoms with van der Waals surface area (Å²) in [5.41, 5.74) is 4.98. The molecule has 2 heterocycles. The summed E-state index contributed by atoms with van der Waals surface area (Å²) in [5, 5.41) is 4.00. The predicted molar refractivity (Wildman–Crippen MR) is 137 cm³/mol. The first-order valence-corrected chi connectivity index (χ1v) is 11.8. The molecule has 1 N–H and O–H groups in total. The fraction of sp³-hybridized carbons (Fsp3) is 0.179. The normalized spacial score (nSPS) is 12.5. The van der Waals surface area contributed by atoms with Crippen LogP contribution in [-0.4, -0.2) is 26.9 Å². The molecule has 0 unspecified atom stereocenters. The van der Waals surface area contributed by atoms with E-state index in [1.54, 1.807) is 12.3 Å². The van der Waals surface area contributed by atoms with Gasteiger partial charge >= 0.3 is 6.36 Å². The molecule has 0 saturated carbocycles. The maximum Gasteiger partial charge on any atom is 0.573 e. The van der Waals surface area contributed by atoms with Crippen LogP contribution in [0.5, 0.6) is 5.75 Å². The van der Waals surface area contributed by atoms with Crippen LogP contribution >= 0.6 is 0 Å². The molecule has 0 bridgehead atoms. The number of fused-ring (bicyclic) bond motifs is 2. The number of hydrogen-bond donors (Lipinski definition) is 1. The first-order chi connectivity index (χ1) is 18.1. The van der Waals surface area contributed by atoms with Crippen LogP contribution in [0.15, 0.2) is 77.9 Å². The van der Waals surface area contributed by atoms with Crippen molar-refractivity contribution < 1.29 is 22.3 Å². The van der Waals surface area contributed by atoms with Crippen LogP contribution in [0.2, 0.25) is 0 Å². The molecule has 0 radical (unpaired) electrons. The van der Waals surface area contributed by atoms with Gasteiger partial charge in [-0.1, -0.05) is 0 Å². The van der Waals surface area contributed by atoms with Crippen molar-refractivity contribution in [2.75, 3.05) is 5.32 Å². The molecule has 194 valence electrons. The molecule has 0 spiro atoms. The van der Waals surface area contributed by atoms with Crippen LogP contribution in [0.25, 0.3) is 28.1 Å². The van der Waals surface area contributed by atoms with Crippen LogP contribution < -0.4 is 15.4 Å². The zero-order valence-corrected chi connectivity index (χ0v) is 20.7. The van der Waals surface area contributed by atoms with E-state index in [0.717, 1.165) is 11.4 Å². The van der Waals surface area contributed by atoms with Gasteiger partial charge in [-0.05, 0) is 81.4 Å². The number of nitrogens with zero attached hydrogens (tertiary/aromatic N) is 4. The number of alkyl halides is 3. The van der Waals surface area contributed by atoms with Gasteiger partial charge in [0, 0.05) is 23.5 Å². The zero-order chi connectivity index (χ0) is 27.0. The van der Waals surface area contributed by atoms with Gasteiger partial charge in [0.1, 0.15) is 11.6 Å². The van der Waals surface area contributed by atoms with E-state index >= 15 is 0 Å². The molecular formula is C28H23F4N5O. The van der Waals surface area contributed by atoms with Gasteiger partial charge in [0.05, 0.1) is 45.4 Å². The Bertz CT molecular complexity index is 1640. The van der Waals surface area contributed by atoms with E-state index in [9.17, 15) is 17.6 Å². The number of ether oxygens (including phenoxy) is 1. The molecule has 3 aromatic rings. The van der Waals surface area contributed by atoms with Gasteiger partial charge < -0.3 is 14.6 Å². The van der Waals surface area contributed by atoms with Gasteiger partial charge in [-0.3, -0.25) is 9.98 Å². The Balaban J connectivity index is 1.75. The Hall–Kier alpha value is -4.47. The predicted octanol–water partition coefficient (Wildman–Crippen LogP) is 6.92. The summed E-state index contributed by atoms with van der Waals surface area (Å²) in [6.07, 6.45) is -3.08. The molecule has 10 heteroatoms. The van der Waals surface area contributed by atoms with E-state index in [1.165, 1.54) is 36.4 Å². The monoisotopic (exact) mass is 521 g/mol. The van der Waals surface area contributed by atoms with Crippen molar-refractivity contribution in [3.63, 3.8) is 0 Å². The SMILES string of the molecule is Cc1ccc(Nc2cc3nc4cc(F)ccc4n(-c4ccc(OC(F)(F)F)cc4)c-3c/c2=N\C(C)C)cn1. The zero-order valence-electron chi connectivity index (χ0n) is 20.7. The number of hydrogen-bond acceptors (Lipinski definition) is 5. The summed E-state index contributed by atoms with van der Waals surface area (Å²) >= 11 is 0. The van der Waals surface area contributed by atoms with Gasteiger partial charge in [-0.15, -0.1) is 13.2 Å². The molecule has 2 aromatic carbocycles. The van der Waals surface area contributed by atoms with Crippen molar-refractivity contribution in [3.05, 3.63) is 89.8 Å². The van der Waals surface area contributed by atoms with Crippen LogP contribution in [0, 0.1) is 12.7 Å². The number of pyridine rings is 1. The Morgan fingerprint density at radius 1 is 0.974 bits per heavy atom. The molecule has 38 heavy (non-hydrogen) atoms. The molecule has 2 aliphatic rings. The lowest BCUT2D eigenvalue weighted by atomic mass is 10.1. The third kappa shape index (κ3) is 5.44. The van der Waals surface area contributed by atoms with Gasteiger partial charge in [0.15, 0.2) is 0 Å². The minimum Gasteiger partial charge on any atom is -0.406 e. The highest BCUT2D eigenvalue weighted by Crippen LogP contribution is 2.32. The molecule has 0 saturated heterocycles. The first kappa shape index (κ1) is 25.2. The van der Waals surface area contributed by atoms with Crippen molar-refractivity contribution >= 4 is 22.4 Å². The minimum absolute atomic E-state index is 0.0288. The first-order valence-electron chi connectivity index (χ1n) is 11.8. The lowest BCUT2D eigenvalue weighted by Crippen LogP contribution is -2.17. The van der Waals surface area contributed by atoms with Crippen molar-refractivity contribution in [2.24, 2.45) is 4.99 Å². The maximum atomic E-state index is 14.2. The van der Waals surface area contributed by atoms with E-state index in [2.05, 4.69) is 15.0 Å². The molecule has 0 atom stereocenters. The number of nitrogens with one attached hydrogen (secondary N) is 1. The Labute approximate surface area is 215 Å². The average molecular weight is 522 g/mol. The quantitative estimate of drug-likeness (QED) is 0.201. The molecule has 1 aliphatic heterocycles. The lowest BCUT2D eigenvalue weighted by molar-refractivity contribution is -0.274. The number of aromatic nitrogens is 3. The molecule has 1 aliphatic carbocycles. The number of anilines is 2. The summed E-state index contributed by atoms with van der Waals surface area (Å²) in [4.78, 5) is 13.8. The molecule has 0 fully saturated rings. The lowest BCUT2D eigenvalue weighted by Gasteiger charge is -2.21. The summed E-state index contributed by atoms with van der Waals surface area (Å²) in [6.45, 7) is 5.81. The highest BCUT2D eigenvalue weighted by molar-refractivity contribution is 5.84. The Kier molecular flexibility index (Phi) is 6.48. The number of aryl methyl sites for hydroxylation is 1.